The molecule has 0 radical (unpaired) electrons. The van der Waals surface area contributed by atoms with Crippen LogP contribution in [0, 0.1) is 0 Å². The molecule has 0 aliphatic carbocycles. The van der Waals surface area contributed by atoms with Gasteiger partial charge in [0.05, 0.1) is 33.1 Å². The van der Waals surface area contributed by atoms with Crippen LogP contribution in [0.1, 0.15) is 15.9 Å². The zero-order chi connectivity index (χ0) is 21.4. The lowest BCUT2D eigenvalue weighted by Crippen LogP contribution is -2.32. The van der Waals surface area contributed by atoms with Gasteiger partial charge >= 0.3 is 17.8 Å². The Bertz CT molecular complexity index is 957. The fourth-order valence-electron chi connectivity index (χ4n) is 2.19. The first kappa shape index (κ1) is 21.2. The molecule has 10 heteroatoms. The molecule has 0 aliphatic heterocycles. The van der Waals surface area contributed by atoms with Gasteiger partial charge < -0.3 is 24.7 Å². The fourth-order valence-corrected chi connectivity index (χ4v) is 2.19. The summed E-state index contributed by atoms with van der Waals surface area (Å²) in [5.41, 5.74) is 7.53. The summed E-state index contributed by atoms with van der Waals surface area (Å²) in [6, 6.07) is 9.22. The molecule has 2 amide bonds. The summed E-state index contributed by atoms with van der Waals surface area (Å²) in [5, 5.41) is 3.60. The molecule has 0 atom stereocenters. The highest BCUT2D eigenvalue weighted by Crippen LogP contribution is 2.31. The van der Waals surface area contributed by atoms with Crippen molar-refractivity contribution in [1.82, 2.24) is 5.43 Å². The van der Waals surface area contributed by atoms with Crippen LogP contribution in [0.4, 0.5) is 0 Å². The second-order valence-corrected chi connectivity index (χ2v) is 5.43. The van der Waals surface area contributed by atoms with E-state index in [0.29, 0.717) is 17.1 Å². The van der Waals surface area contributed by atoms with Gasteiger partial charge in [0, 0.05) is 0 Å². The Hall–Kier alpha value is -4.08. The second-order valence-electron chi connectivity index (χ2n) is 5.43. The van der Waals surface area contributed by atoms with Gasteiger partial charge in [-0.3, -0.25) is 9.59 Å². The Labute approximate surface area is 166 Å². The van der Waals surface area contributed by atoms with E-state index < -0.39 is 17.8 Å². The van der Waals surface area contributed by atoms with Gasteiger partial charge in [0.25, 0.3) is 0 Å². The summed E-state index contributed by atoms with van der Waals surface area (Å²) >= 11 is 0. The number of nitrogens with one attached hydrogen (secondary N) is 1. The summed E-state index contributed by atoms with van der Waals surface area (Å²) in [6.45, 7) is 0. The standard InChI is InChI=1S/C19H19N3O7/c1-26-13-7-5-12(9-16(13)28-3)19(25)29-14-6-4-11(8-15(14)27-2)10-21-22-18(24)17(20)23/h4-10H,1-3H3,(H2,20,23)(H,22,24)/b21-10-. The van der Waals surface area contributed by atoms with Gasteiger partial charge in [-0.25, -0.2) is 10.2 Å². The minimum Gasteiger partial charge on any atom is -0.493 e. The van der Waals surface area contributed by atoms with Crippen LogP contribution in [0.3, 0.4) is 0 Å². The third kappa shape index (κ3) is 5.45. The lowest BCUT2D eigenvalue weighted by Gasteiger charge is -2.11. The zero-order valence-electron chi connectivity index (χ0n) is 15.9. The summed E-state index contributed by atoms with van der Waals surface area (Å²) < 4.78 is 20.9. The highest BCUT2D eigenvalue weighted by atomic mass is 16.6. The first-order chi connectivity index (χ1) is 13.9. The van der Waals surface area contributed by atoms with Crippen molar-refractivity contribution in [2.45, 2.75) is 0 Å². The van der Waals surface area contributed by atoms with Crippen molar-refractivity contribution >= 4 is 24.0 Å². The number of hydrogen-bond donors (Lipinski definition) is 2. The molecule has 2 aromatic rings. The number of carbonyl (C=O) groups excluding carboxylic acids is 3. The van der Waals surface area contributed by atoms with E-state index in [4.69, 9.17) is 24.7 Å². The minimum atomic E-state index is -1.16. The molecule has 2 rings (SSSR count). The van der Waals surface area contributed by atoms with E-state index in [1.165, 1.54) is 45.7 Å². The topological polar surface area (TPSA) is 139 Å². The van der Waals surface area contributed by atoms with Gasteiger partial charge in [-0.05, 0) is 42.0 Å². The average molecular weight is 401 g/mol. The Morgan fingerprint density at radius 1 is 0.897 bits per heavy atom. The number of nitrogens with zero attached hydrogens (tertiary/aromatic N) is 1. The second kappa shape index (κ2) is 9.74. The summed E-state index contributed by atoms with van der Waals surface area (Å²) in [5.74, 6) is -1.54. The van der Waals surface area contributed by atoms with Crippen molar-refractivity contribution in [2.24, 2.45) is 10.8 Å². The maximum Gasteiger partial charge on any atom is 0.343 e. The molecular weight excluding hydrogens is 382 g/mol. The molecule has 0 saturated carbocycles. The molecule has 10 nitrogen and oxygen atoms in total. The number of methoxy groups -OCH3 is 3. The van der Waals surface area contributed by atoms with E-state index in [1.54, 1.807) is 18.2 Å². The summed E-state index contributed by atoms with van der Waals surface area (Å²) in [7, 11) is 4.35. The lowest BCUT2D eigenvalue weighted by molar-refractivity contribution is -0.137. The number of carbonyl (C=O) groups is 3. The number of hydrogen-bond acceptors (Lipinski definition) is 8. The Balaban J connectivity index is 2.16. The van der Waals surface area contributed by atoms with Crippen LogP contribution in [0.5, 0.6) is 23.0 Å². The van der Waals surface area contributed by atoms with E-state index >= 15 is 0 Å². The molecule has 0 heterocycles. The lowest BCUT2D eigenvalue weighted by atomic mass is 10.2. The molecule has 0 fully saturated rings. The van der Waals surface area contributed by atoms with Crippen LogP contribution < -0.4 is 30.1 Å². The zero-order valence-corrected chi connectivity index (χ0v) is 15.9. The molecule has 152 valence electrons. The van der Waals surface area contributed by atoms with Crippen LogP contribution in [0.25, 0.3) is 0 Å². The molecule has 0 aliphatic rings. The fraction of sp³-hybridized carbons (Fsp3) is 0.158. The van der Waals surface area contributed by atoms with Crippen LogP contribution in [-0.2, 0) is 9.59 Å². The van der Waals surface area contributed by atoms with Crippen LogP contribution in [0.2, 0.25) is 0 Å². The van der Waals surface area contributed by atoms with Crippen LogP contribution in [-0.4, -0.2) is 45.3 Å². The van der Waals surface area contributed by atoms with Gasteiger partial charge in [0.1, 0.15) is 0 Å². The van der Waals surface area contributed by atoms with Crippen molar-refractivity contribution < 1.29 is 33.3 Å². The van der Waals surface area contributed by atoms with Gasteiger partial charge in [-0.15, -0.1) is 0 Å². The predicted octanol–water partition coefficient (Wildman–Crippen LogP) is 0.867. The smallest absolute Gasteiger partial charge is 0.343 e. The molecular formula is C19H19N3O7. The van der Waals surface area contributed by atoms with Gasteiger partial charge in [-0.1, -0.05) is 0 Å². The van der Waals surface area contributed by atoms with Gasteiger partial charge in [-0.2, -0.15) is 5.10 Å². The number of amides is 2. The number of ether oxygens (including phenoxy) is 4. The number of esters is 1. The minimum absolute atomic E-state index is 0.172. The normalized spacial score (nSPS) is 10.3. The van der Waals surface area contributed by atoms with Crippen molar-refractivity contribution in [1.29, 1.82) is 0 Å². The molecule has 0 unspecified atom stereocenters. The first-order valence-electron chi connectivity index (χ1n) is 8.14. The van der Waals surface area contributed by atoms with E-state index in [2.05, 4.69) is 5.10 Å². The highest BCUT2D eigenvalue weighted by Gasteiger charge is 2.15. The third-order valence-electron chi connectivity index (χ3n) is 3.61. The van der Waals surface area contributed by atoms with Crippen molar-refractivity contribution in [2.75, 3.05) is 21.3 Å². The first-order valence-corrected chi connectivity index (χ1v) is 8.14. The van der Waals surface area contributed by atoms with E-state index in [9.17, 15) is 14.4 Å². The van der Waals surface area contributed by atoms with Crippen LogP contribution in [0.15, 0.2) is 41.5 Å². The van der Waals surface area contributed by atoms with E-state index in [1.807, 2.05) is 5.43 Å². The van der Waals surface area contributed by atoms with Crippen LogP contribution >= 0.6 is 0 Å². The van der Waals surface area contributed by atoms with Crippen molar-refractivity contribution in [3.8, 4) is 23.0 Å². The molecule has 0 aromatic heterocycles. The van der Waals surface area contributed by atoms with Crippen molar-refractivity contribution in [3.63, 3.8) is 0 Å². The Morgan fingerprint density at radius 2 is 1.52 bits per heavy atom. The Kier molecular flexibility index (Phi) is 7.13. The maximum absolute atomic E-state index is 12.5. The summed E-state index contributed by atoms with van der Waals surface area (Å²) in [4.78, 5) is 34.1. The number of nitrogens with two attached hydrogens (primary N) is 1. The molecule has 0 spiro atoms. The van der Waals surface area contributed by atoms with E-state index in [0.717, 1.165) is 0 Å². The molecule has 0 bridgehead atoms. The average Bonchev–Trinajstić information content (AvgIpc) is 2.73. The molecule has 29 heavy (non-hydrogen) atoms. The molecule has 2 aromatic carbocycles. The van der Waals surface area contributed by atoms with Gasteiger partial charge in [0.2, 0.25) is 0 Å². The Morgan fingerprint density at radius 3 is 2.14 bits per heavy atom. The monoisotopic (exact) mass is 401 g/mol. The van der Waals surface area contributed by atoms with Crippen molar-refractivity contribution in [3.05, 3.63) is 47.5 Å². The van der Waals surface area contributed by atoms with E-state index in [-0.39, 0.29) is 17.1 Å². The molecule has 0 saturated heterocycles. The number of hydrazone groups is 1. The largest absolute Gasteiger partial charge is 0.493 e. The highest BCUT2D eigenvalue weighted by molar-refractivity contribution is 6.34. The number of primary amides is 1. The molecule has 3 N–H and O–H groups in total. The number of rotatable bonds is 7. The predicted molar refractivity (Wildman–Crippen MR) is 102 cm³/mol. The number of benzene rings is 2. The van der Waals surface area contributed by atoms with Gasteiger partial charge in [0.15, 0.2) is 23.0 Å². The third-order valence-corrected chi connectivity index (χ3v) is 3.61. The SMILES string of the molecule is COc1ccc(C(=O)Oc2ccc(/C=N\NC(=O)C(N)=O)cc2OC)cc1OC. The quantitative estimate of drug-likeness (QED) is 0.231. The summed E-state index contributed by atoms with van der Waals surface area (Å²) in [6.07, 6.45) is 1.27. The maximum atomic E-state index is 12.5.